The summed E-state index contributed by atoms with van der Waals surface area (Å²) in [6.45, 7) is 0. The molecule has 1 aromatic carbocycles. The maximum absolute atomic E-state index is 12.6. The van der Waals surface area contributed by atoms with Gasteiger partial charge in [-0.05, 0) is 30.3 Å². The molecule has 106 valence electrons. The number of aromatic nitrogens is 1. The Morgan fingerprint density at radius 3 is 2.67 bits per heavy atom. The molecule has 2 rings (SSSR count). The lowest BCUT2D eigenvalue weighted by atomic mass is 10.1. The van der Waals surface area contributed by atoms with Crippen LogP contribution in [0.25, 0.3) is 0 Å². The van der Waals surface area contributed by atoms with Crippen LogP contribution in [0, 0.1) is 11.3 Å². The highest BCUT2D eigenvalue weighted by Gasteiger charge is 2.30. The third-order valence-electron chi connectivity index (χ3n) is 2.58. The number of pyridine rings is 1. The van der Waals surface area contributed by atoms with E-state index in [4.69, 9.17) is 5.26 Å². The van der Waals surface area contributed by atoms with Gasteiger partial charge < -0.3 is 5.32 Å². The lowest BCUT2D eigenvalue weighted by molar-refractivity contribution is -0.137. The number of anilines is 1. The van der Waals surface area contributed by atoms with Crippen LogP contribution in [0.5, 0.6) is 0 Å². The van der Waals surface area contributed by atoms with Gasteiger partial charge in [0.15, 0.2) is 0 Å². The Hall–Kier alpha value is -2.88. The lowest BCUT2D eigenvalue weighted by Gasteiger charge is -2.09. The molecular formula is C14H8F3N3O. The van der Waals surface area contributed by atoms with Crippen molar-refractivity contribution >= 4 is 11.6 Å². The Morgan fingerprint density at radius 1 is 1.24 bits per heavy atom. The summed E-state index contributed by atoms with van der Waals surface area (Å²) in [6.07, 6.45) is -3.20. The van der Waals surface area contributed by atoms with Gasteiger partial charge in [0.1, 0.15) is 11.8 Å². The number of rotatable bonds is 2. The number of carbonyl (C=O) groups excluding carboxylic acids is 1. The summed E-state index contributed by atoms with van der Waals surface area (Å²) >= 11 is 0. The summed E-state index contributed by atoms with van der Waals surface area (Å²) in [5.41, 5.74) is -0.649. The molecule has 0 saturated carbocycles. The fourth-order valence-corrected chi connectivity index (χ4v) is 1.61. The molecular weight excluding hydrogens is 283 g/mol. The average molecular weight is 291 g/mol. The number of halogens is 3. The first-order chi connectivity index (χ1) is 9.90. The molecule has 0 fully saturated rings. The number of amides is 1. The standard InChI is InChI=1S/C14H8F3N3O/c15-14(16,17)10-2-1-3-11(7-10)20-13(21)9-4-5-19-12(6-9)8-18/h1-7H,(H,20,21). The molecule has 1 aromatic heterocycles. The molecule has 0 aliphatic carbocycles. The second-order valence-corrected chi connectivity index (χ2v) is 4.07. The molecule has 0 atom stereocenters. The zero-order chi connectivity index (χ0) is 15.5. The SMILES string of the molecule is N#Cc1cc(C(=O)Nc2cccc(C(F)(F)F)c2)ccn1. The third kappa shape index (κ3) is 3.57. The van der Waals surface area contributed by atoms with E-state index >= 15 is 0 Å². The number of hydrogen-bond acceptors (Lipinski definition) is 3. The van der Waals surface area contributed by atoms with Crippen molar-refractivity contribution in [1.82, 2.24) is 4.98 Å². The number of benzene rings is 1. The van der Waals surface area contributed by atoms with Crippen LogP contribution in [0.3, 0.4) is 0 Å². The van der Waals surface area contributed by atoms with E-state index in [0.29, 0.717) is 0 Å². The summed E-state index contributed by atoms with van der Waals surface area (Å²) in [5.74, 6) is -0.617. The zero-order valence-corrected chi connectivity index (χ0v) is 10.5. The van der Waals surface area contributed by atoms with Crippen LogP contribution in [-0.4, -0.2) is 10.9 Å². The molecule has 1 amide bonds. The molecule has 0 spiro atoms. The van der Waals surface area contributed by atoms with Gasteiger partial charge in [-0.3, -0.25) is 4.79 Å². The van der Waals surface area contributed by atoms with Crippen LogP contribution in [-0.2, 0) is 6.18 Å². The van der Waals surface area contributed by atoms with E-state index in [1.54, 1.807) is 6.07 Å². The molecule has 1 N–H and O–H groups in total. The molecule has 0 unspecified atom stereocenters. The summed E-state index contributed by atoms with van der Waals surface area (Å²) in [7, 11) is 0. The maximum atomic E-state index is 12.6. The molecule has 1 heterocycles. The molecule has 21 heavy (non-hydrogen) atoms. The quantitative estimate of drug-likeness (QED) is 0.923. The van der Waals surface area contributed by atoms with Gasteiger partial charge in [0.25, 0.3) is 5.91 Å². The Balaban J connectivity index is 2.22. The number of hydrogen-bond donors (Lipinski definition) is 1. The van der Waals surface area contributed by atoms with Gasteiger partial charge in [0.2, 0.25) is 0 Å². The number of nitrogens with zero attached hydrogens (tertiary/aromatic N) is 2. The number of nitriles is 1. The highest BCUT2D eigenvalue weighted by molar-refractivity contribution is 6.04. The number of carbonyl (C=O) groups is 1. The minimum atomic E-state index is -4.48. The van der Waals surface area contributed by atoms with Crippen LogP contribution < -0.4 is 5.32 Å². The molecule has 0 saturated heterocycles. The highest BCUT2D eigenvalue weighted by Crippen LogP contribution is 2.30. The Bertz CT molecular complexity index is 720. The topological polar surface area (TPSA) is 65.8 Å². The summed E-state index contributed by atoms with van der Waals surface area (Å²) in [4.78, 5) is 15.6. The van der Waals surface area contributed by atoms with E-state index in [1.807, 2.05) is 0 Å². The van der Waals surface area contributed by atoms with Crippen molar-refractivity contribution in [3.05, 3.63) is 59.4 Å². The number of alkyl halides is 3. The van der Waals surface area contributed by atoms with E-state index in [1.165, 1.54) is 30.5 Å². The number of nitrogens with one attached hydrogen (secondary N) is 1. The van der Waals surface area contributed by atoms with Crippen molar-refractivity contribution in [3.63, 3.8) is 0 Å². The third-order valence-corrected chi connectivity index (χ3v) is 2.58. The molecule has 0 bridgehead atoms. The maximum Gasteiger partial charge on any atom is 0.416 e. The van der Waals surface area contributed by atoms with E-state index in [0.717, 1.165) is 12.1 Å². The Labute approximate surface area is 117 Å². The van der Waals surface area contributed by atoms with Gasteiger partial charge >= 0.3 is 6.18 Å². The van der Waals surface area contributed by atoms with Crippen LogP contribution in [0.1, 0.15) is 21.6 Å². The van der Waals surface area contributed by atoms with Crippen molar-refractivity contribution < 1.29 is 18.0 Å². The molecule has 4 nitrogen and oxygen atoms in total. The van der Waals surface area contributed by atoms with Crippen molar-refractivity contribution in [2.75, 3.05) is 5.32 Å². The smallest absolute Gasteiger partial charge is 0.322 e. The Kier molecular flexibility index (Phi) is 3.89. The van der Waals surface area contributed by atoms with Crippen molar-refractivity contribution in [2.45, 2.75) is 6.18 Å². The van der Waals surface area contributed by atoms with Crippen molar-refractivity contribution in [1.29, 1.82) is 5.26 Å². The normalized spacial score (nSPS) is 10.8. The monoisotopic (exact) mass is 291 g/mol. The van der Waals surface area contributed by atoms with Crippen LogP contribution in [0.4, 0.5) is 18.9 Å². The van der Waals surface area contributed by atoms with Crippen LogP contribution >= 0.6 is 0 Å². The summed E-state index contributed by atoms with van der Waals surface area (Å²) in [6, 6.07) is 8.69. The predicted octanol–water partition coefficient (Wildman–Crippen LogP) is 3.22. The first kappa shape index (κ1) is 14.5. The minimum absolute atomic E-state index is 0.0187. The van der Waals surface area contributed by atoms with Crippen LogP contribution in [0.15, 0.2) is 42.6 Å². The van der Waals surface area contributed by atoms with Gasteiger partial charge in [-0.2, -0.15) is 18.4 Å². The molecule has 0 radical (unpaired) electrons. The first-order valence-electron chi connectivity index (χ1n) is 5.75. The van der Waals surface area contributed by atoms with Gasteiger partial charge in [-0.1, -0.05) is 6.07 Å². The lowest BCUT2D eigenvalue weighted by Crippen LogP contribution is -2.13. The molecule has 2 aromatic rings. The van der Waals surface area contributed by atoms with E-state index in [2.05, 4.69) is 10.3 Å². The second-order valence-electron chi connectivity index (χ2n) is 4.07. The van der Waals surface area contributed by atoms with E-state index in [-0.39, 0.29) is 16.9 Å². The van der Waals surface area contributed by atoms with Crippen molar-refractivity contribution in [2.24, 2.45) is 0 Å². The van der Waals surface area contributed by atoms with E-state index in [9.17, 15) is 18.0 Å². The predicted molar refractivity (Wildman–Crippen MR) is 68.3 cm³/mol. The van der Waals surface area contributed by atoms with Gasteiger partial charge in [-0.25, -0.2) is 4.98 Å². The molecule has 7 heteroatoms. The molecule has 0 aliphatic rings. The zero-order valence-electron chi connectivity index (χ0n) is 10.5. The molecule has 0 aliphatic heterocycles. The summed E-state index contributed by atoms with van der Waals surface area (Å²) in [5, 5.41) is 11.0. The second kappa shape index (κ2) is 5.63. The van der Waals surface area contributed by atoms with Crippen molar-refractivity contribution in [3.8, 4) is 6.07 Å². The Morgan fingerprint density at radius 2 is 2.00 bits per heavy atom. The summed E-state index contributed by atoms with van der Waals surface area (Å²) < 4.78 is 37.7. The fourth-order valence-electron chi connectivity index (χ4n) is 1.61. The van der Waals surface area contributed by atoms with E-state index < -0.39 is 17.6 Å². The van der Waals surface area contributed by atoms with Gasteiger partial charge in [0.05, 0.1) is 5.56 Å². The van der Waals surface area contributed by atoms with Gasteiger partial charge in [0, 0.05) is 17.4 Å². The highest BCUT2D eigenvalue weighted by atomic mass is 19.4. The minimum Gasteiger partial charge on any atom is -0.322 e. The van der Waals surface area contributed by atoms with Crippen LogP contribution in [0.2, 0.25) is 0 Å². The average Bonchev–Trinajstić information content (AvgIpc) is 2.46. The van der Waals surface area contributed by atoms with Gasteiger partial charge in [-0.15, -0.1) is 0 Å². The fraction of sp³-hybridized carbons (Fsp3) is 0.0714. The first-order valence-corrected chi connectivity index (χ1v) is 5.75. The largest absolute Gasteiger partial charge is 0.416 e.